The lowest BCUT2D eigenvalue weighted by Gasteiger charge is -2.62. The first kappa shape index (κ1) is 18.5. The summed E-state index contributed by atoms with van der Waals surface area (Å²) >= 11 is 0. The summed E-state index contributed by atoms with van der Waals surface area (Å²) in [6.45, 7) is 11.8. The molecule has 0 radical (unpaired) electrons. The van der Waals surface area contributed by atoms with E-state index < -0.39 is 0 Å². The van der Waals surface area contributed by atoms with Gasteiger partial charge in [0.2, 0.25) is 0 Å². The minimum absolute atomic E-state index is 0.384. The average Bonchev–Trinajstić information content (AvgIpc) is 2.52. The first-order valence-corrected chi connectivity index (χ1v) is 10.8. The highest BCUT2D eigenvalue weighted by Gasteiger charge is 2.56. The van der Waals surface area contributed by atoms with Gasteiger partial charge in [-0.15, -0.1) is 0 Å². The zero-order valence-electron chi connectivity index (χ0n) is 16.9. The van der Waals surface area contributed by atoms with Gasteiger partial charge in [-0.05, 0) is 98.7 Å². The van der Waals surface area contributed by atoms with Gasteiger partial charge in [-0.25, -0.2) is 0 Å². The van der Waals surface area contributed by atoms with Crippen LogP contribution in [0.25, 0.3) is 0 Å². The van der Waals surface area contributed by atoms with Crippen molar-refractivity contribution in [2.45, 2.75) is 98.8 Å². The van der Waals surface area contributed by atoms with E-state index in [1.807, 2.05) is 0 Å². The van der Waals surface area contributed by atoms with Crippen LogP contribution in [-0.2, 0) is 4.79 Å². The SMILES string of the molecule is CC(=O)CC[C@@]1(C)CCC[C@]2(C)[C@H]3CC[C@H](C(C)C)C[C@H]3CC[C@@H]12. The molecular weight excluding hydrogens is 292 g/mol. The molecule has 0 N–H and O–H groups in total. The van der Waals surface area contributed by atoms with E-state index in [1.165, 1.54) is 51.4 Å². The molecular formula is C23H40O. The van der Waals surface area contributed by atoms with Crippen molar-refractivity contribution < 1.29 is 4.79 Å². The third-order valence-electron chi connectivity index (χ3n) is 8.79. The number of rotatable bonds is 4. The molecule has 0 heterocycles. The summed E-state index contributed by atoms with van der Waals surface area (Å²) < 4.78 is 0. The lowest BCUT2D eigenvalue weighted by molar-refractivity contribution is -0.130. The molecule has 0 aliphatic heterocycles. The van der Waals surface area contributed by atoms with Crippen molar-refractivity contribution in [3.8, 4) is 0 Å². The Kier molecular flexibility index (Phi) is 5.20. The van der Waals surface area contributed by atoms with Gasteiger partial charge in [0, 0.05) is 6.42 Å². The Bertz CT molecular complexity index is 467. The maximum absolute atomic E-state index is 11.6. The zero-order valence-corrected chi connectivity index (χ0v) is 16.9. The van der Waals surface area contributed by atoms with Gasteiger partial charge in [0.05, 0.1) is 0 Å². The van der Waals surface area contributed by atoms with Crippen molar-refractivity contribution in [1.29, 1.82) is 0 Å². The van der Waals surface area contributed by atoms with Crippen molar-refractivity contribution in [3.05, 3.63) is 0 Å². The molecule has 1 nitrogen and oxygen atoms in total. The van der Waals surface area contributed by atoms with E-state index >= 15 is 0 Å². The Morgan fingerprint density at radius 3 is 2.50 bits per heavy atom. The zero-order chi connectivity index (χ0) is 17.5. The number of fused-ring (bicyclic) bond motifs is 3. The molecule has 1 heteroatoms. The lowest BCUT2D eigenvalue weighted by atomic mass is 9.43. The highest BCUT2D eigenvalue weighted by molar-refractivity contribution is 5.75. The summed E-state index contributed by atoms with van der Waals surface area (Å²) in [7, 11) is 0. The molecule has 0 amide bonds. The Morgan fingerprint density at radius 2 is 1.83 bits per heavy atom. The van der Waals surface area contributed by atoms with E-state index in [4.69, 9.17) is 0 Å². The molecule has 3 rings (SSSR count). The quantitative estimate of drug-likeness (QED) is 0.563. The summed E-state index contributed by atoms with van der Waals surface area (Å²) in [5.41, 5.74) is 0.965. The summed E-state index contributed by atoms with van der Waals surface area (Å²) in [4.78, 5) is 11.6. The van der Waals surface area contributed by atoms with E-state index in [0.717, 1.165) is 42.4 Å². The summed E-state index contributed by atoms with van der Waals surface area (Å²) in [5.74, 6) is 5.03. The van der Waals surface area contributed by atoms with Crippen LogP contribution in [0.5, 0.6) is 0 Å². The van der Waals surface area contributed by atoms with E-state index in [2.05, 4.69) is 27.7 Å². The third-order valence-corrected chi connectivity index (χ3v) is 8.79. The summed E-state index contributed by atoms with van der Waals surface area (Å²) in [5, 5.41) is 0. The molecule has 24 heavy (non-hydrogen) atoms. The van der Waals surface area contributed by atoms with E-state index in [0.29, 0.717) is 16.6 Å². The fraction of sp³-hybridized carbons (Fsp3) is 0.957. The van der Waals surface area contributed by atoms with Crippen LogP contribution in [-0.4, -0.2) is 5.78 Å². The fourth-order valence-corrected chi connectivity index (χ4v) is 7.37. The van der Waals surface area contributed by atoms with Crippen LogP contribution in [0.2, 0.25) is 0 Å². The fourth-order valence-electron chi connectivity index (χ4n) is 7.37. The summed E-state index contributed by atoms with van der Waals surface area (Å²) in [6.07, 6.45) is 13.4. The highest BCUT2D eigenvalue weighted by atomic mass is 16.1. The van der Waals surface area contributed by atoms with Gasteiger partial charge in [0.1, 0.15) is 5.78 Å². The van der Waals surface area contributed by atoms with Crippen LogP contribution in [0.4, 0.5) is 0 Å². The number of Topliss-reactive ketones (excluding diaryl/α,β-unsaturated/α-hetero) is 1. The second-order valence-corrected chi connectivity index (χ2v) is 10.5. The standard InChI is InChI=1S/C23H40O/c1-16(2)18-7-9-20-19(15-18)8-10-21-22(4,14-11-17(3)24)12-6-13-23(20,21)5/h16,18-21H,6-15H2,1-5H3/t18-,19+,20-,21-,22+,23+/m0/s1. The van der Waals surface area contributed by atoms with Crippen LogP contribution in [0, 0.1) is 40.4 Å². The number of ketones is 1. The third kappa shape index (κ3) is 3.21. The smallest absolute Gasteiger partial charge is 0.129 e. The number of hydrogen-bond donors (Lipinski definition) is 0. The van der Waals surface area contributed by atoms with E-state index in [1.54, 1.807) is 6.92 Å². The lowest BCUT2D eigenvalue weighted by Crippen LogP contribution is -2.53. The molecule has 3 aliphatic carbocycles. The molecule has 0 aromatic rings. The van der Waals surface area contributed by atoms with Crippen LogP contribution in [0.3, 0.4) is 0 Å². The van der Waals surface area contributed by atoms with Crippen LogP contribution in [0.1, 0.15) is 98.8 Å². The van der Waals surface area contributed by atoms with Crippen LogP contribution in [0.15, 0.2) is 0 Å². The predicted molar refractivity (Wildman–Crippen MR) is 102 cm³/mol. The van der Waals surface area contributed by atoms with Gasteiger partial charge in [-0.1, -0.05) is 34.1 Å². The largest absolute Gasteiger partial charge is 0.300 e. The van der Waals surface area contributed by atoms with Gasteiger partial charge in [0.15, 0.2) is 0 Å². The monoisotopic (exact) mass is 332 g/mol. The Labute approximate surface area is 150 Å². The minimum atomic E-state index is 0.384. The first-order chi connectivity index (χ1) is 11.3. The molecule has 0 aromatic carbocycles. The van der Waals surface area contributed by atoms with Crippen molar-refractivity contribution in [1.82, 2.24) is 0 Å². The van der Waals surface area contributed by atoms with E-state index in [-0.39, 0.29) is 0 Å². The molecule has 6 atom stereocenters. The topological polar surface area (TPSA) is 17.1 Å². The molecule has 0 bridgehead atoms. The first-order valence-electron chi connectivity index (χ1n) is 10.8. The van der Waals surface area contributed by atoms with Gasteiger partial charge in [-0.2, -0.15) is 0 Å². The van der Waals surface area contributed by atoms with Crippen molar-refractivity contribution in [2.24, 2.45) is 40.4 Å². The van der Waals surface area contributed by atoms with Crippen LogP contribution >= 0.6 is 0 Å². The van der Waals surface area contributed by atoms with E-state index in [9.17, 15) is 4.79 Å². The van der Waals surface area contributed by atoms with Gasteiger partial charge in [-0.3, -0.25) is 0 Å². The maximum atomic E-state index is 11.6. The molecule has 3 saturated carbocycles. The minimum Gasteiger partial charge on any atom is -0.300 e. The normalized spacial score (nSPS) is 45.6. The van der Waals surface area contributed by atoms with Crippen molar-refractivity contribution >= 4 is 5.78 Å². The molecule has 0 saturated heterocycles. The number of carbonyl (C=O) groups excluding carboxylic acids is 1. The predicted octanol–water partition coefficient (Wildman–Crippen LogP) is 6.65. The van der Waals surface area contributed by atoms with Crippen LogP contribution < -0.4 is 0 Å². The Morgan fingerprint density at radius 1 is 1.08 bits per heavy atom. The molecule has 0 spiro atoms. The number of carbonyl (C=O) groups is 1. The highest BCUT2D eigenvalue weighted by Crippen LogP contribution is 2.65. The molecule has 138 valence electrons. The summed E-state index contributed by atoms with van der Waals surface area (Å²) in [6, 6.07) is 0. The molecule has 3 aliphatic rings. The molecule has 3 fully saturated rings. The number of hydrogen-bond acceptors (Lipinski definition) is 1. The van der Waals surface area contributed by atoms with Gasteiger partial charge in [0.25, 0.3) is 0 Å². The van der Waals surface area contributed by atoms with Gasteiger partial charge < -0.3 is 4.79 Å². The Balaban J connectivity index is 1.78. The Hall–Kier alpha value is -0.330. The molecule has 0 unspecified atom stereocenters. The maximum Gasteiger partial charge on any atom is 0.129 e. The van der Waals surface area contributed by atoms with Crippen molar-refractivity contribution in [2.75, 3.05) is 0 Å². The van der Waals surface area contributed by atoms with Crippen molar-refractivity contribution in [3.63, 3.8) is 0 Å². The second kappa shape index (κ2) is 6.76. The average molecular weight is 333 g/mol. The second-order valence-electron chi connectivity index (χ2n) is 10.5. The van der Waals surface area contributed by atoms with Gasteiger partial charge >= 0.3 is 0 Å². The molecule has 0 aromatic heterocycles.